The first-order valence-electron chi connectivity index (χ1n) is 8.21. The number of carbonyl (C=O) groups excluding carboxylic acids is 1. The molecule has 0 aliphatic carbocycles. The fourth-order valence-electron chi connectivity index (χ4n) is 2.46. The predicted octanol–water partition coefficient (Wildman–Crippen LogP) is 4.96. The number of nitrogens with one attached hydrogen (secondary N) is 1. The number of hydrogen-bond acceptors (Lipinski definition) is 2. The number of carbonyl (C=O) groups is 1. The molecule has 1 aromatic carbocycles. The predicted molar refractivity (Wildman–Crippen MR) is 91.6 cm³/mol. The third-order valence-corrected chi connectivity index (χ3v) is 3.89. The first kappa shape index (κ1) is 17.5. The normalized spacial score (nSPS) is 10.6. The molecule has 0 saturated carbocycles. The number of aryl methyl sites for hydroxylation is 2. The fourth-order valence-corrected chi connectivity index (χ4v) is 2.46. The highest BCUT2D eigenvalue weighted by molar-refractivity contribution is 5.92. The van der Waals surface area contributed by atoms with Gasteiger partial charge in [-0.1, -0.05) is 51.5 Å². The molecule has 0 fully saturated rings. The van der Waals surface area contributed by atoms with E-state index in [1.165, 1.54) is 32.1 Å². The molecule has 1 amide bonds. The van der Waals surface area contributed by atoms with Crippen LogP contribution < -0.4 is 11.1 Å². The smallest absolute Gasteiger partial charge is 0.224 e. The summed E-state index contributed by atoms with van der Waals surface area (Å²) in [4.78, 5) is 11.9. The summed E-state index contributed by atoms with van der Waals surface area (Å²) in [7, 11) is 0. The van der Waals surface area contributed by atoms with E-state index in [9.17, 15) is 4.79 Å². The molecular weight excluding hydrogens is 260 g/mol. The van der Waals surface area contributed by atoms with Crippen molar-refractivity contribution in [2.75, 3.05) is 11.1 Å². The zero-order valence-corrected chi connectivity index (χ0v) is 13.8. The van der Waals surface area contributed by atoms with Gasteiger partial charge in [0.25, 0.3) is 0 Å². The maximum Gasteiger partial charge on any atom is 0.224 e. The van der Waals surface area contributed by atoms with Gasteiger partial charge in [0.15, 0.2) is 0 Å². The highest BCUT2D eigenvalue weighted by atomic mass is 16.1. The van der Waals surface area contributed by atoms with Crippen LogP contribution in [0.2, 0.25) is 0 Å². The zero-order valence-electron chi connectivity index (χ0n) is 13.8. The standard InChI is InChI=1S/C18H30N2O/c1-4-5-6-7-8-9-10-11-18(21)20-17-13-16(19)14(2)12-15(17)3/h12-13H,4-11,19H2,1-3H3,(H,20,21). The van der Waals surface area contributed by atoms with Crippen LogP contribution in [-0.4, -0.2) is 5.91 Å². The molecule has 0 heterocycles. The fraction of sp³-hybridized carbons (Fsp3) is 0.611. The third kappa shape index (κ3) is 6.65. The Bertz CT molecular complexity index is 455. The Labute approximate surface area is 129 Å². The molecule has 0 saturated heterocycles. The molecule has 0 aliphatic rings. The Hall–Kier alpha value is -1.51. The van der Waals surface area contributed by atoms with Gasteiger partial charge in [0.2, 0.25) is 5.91 Å². The number of anilines is 2. The minimum absolute atomic E-state index is 0.0925. The van der Waals surface area contributed by atoms with Crippen LogP contribution in [0.3, 0.4) is 0 Å². The highest BCUT2D eigenvalue weighted by Gasteiger charge is 2.06. The lowest BCUT2D eigenvalue weighted by atomic mass is 10.1. The SMILES string of the molecule is CCCCCCCCCC(=O)Nc1cc(N)c(C)cc1C. The van der Waals surface area contributed by atoms with Gasteiger partial charge >= 0.3 is 0 Å². The van der Waals surface area contributed by atoms with Gasteiger partial charge in [0.1, 0.15) is 0 Å². The van der Waals surface area contributed by atoms with Gasteiger partial charge in [-0.2, -0.15) is 0 Å². The molecule has 1 aromatic rings. The number of amides is 1. The van der Waals surface area contributed by atoms with Crippen molar-refractivity contribution in [3.8, 4) is 0 Å². The maximum atomic E-state index is 11.9. The van der Waals surface area contributed by atoms with Crippen molar-refractivity contribution >= 4 is 17.3 Å². The quantitative estimate of drug-likeness (QED) is 0.498. The van der Waals surface area contributed by atoms with Crippen molar-refractivity contribution in [3.63, 3.8) is 0 Å². The first-order valence-corrected chi connectivity index (χ1v) is 8.21. The van der Waals surface area contributed by atoms with E-state index in [4.69, 9.17) is 5.73 Å². The highest BCUT2D eigenvalue weighted by Crippen LogP contribution is 2.22. The third-order valence-electron chi connectivity index (χ3n) is 3.89. The monoisotopic (exact) mass is 290 g/mol. The summed E-state index contributed by atoms with van der Waals surface area (Å²) in [5.74, 6) is 0.0925. The number of rotatable bonds is 9. The van der Waals surface area contributed by atoms with E-state index < -0.39 is 0 Å². The summed E-state index contributed by atoms with van der Waals surface area (Å²) in [6, 6.07) is 3.87. The minimum Gasteiger partial charge on any atom is -0.398 e. The zero-order chi connectivity index (χ0) is 15.7. The van der Waals surface area contributed by atoms with Gasteiger partial charge in [-0.25, -0.2) is 0 Å². The Balaban J connectivity index is 2.26. The van der Waals surface area contributed by atoms with Crippen LogP contribution >= 0.6 is 0 Å². The van der Waals surface area contributed by atoms with Crippen molar-refractivity contribution in [1.82, 2.24) is 0 Å². The molecule has 0 aromatic heterocycles. The molecule has 3 nitrogen and oxygen atoms in total. The molecule has 3 N–H and O–H groups in total. The summed E-state index contributed by atoms with van der Waals surface area (Å²) in [5.41, 5.74) is 9.58. The van der Waals surface area contributed by atoms with Gasteiger partial charge < -0.3 is 11.1 Å². The van der Waals surface area contributed by atoms with Crippen LogP contribution in [0, 0.1) is 13.8 Å². The number of benzene rings is 1. The van der Waals surface area contributed by atoms with Crippen LogP contribution in [-0.2, 0) is 4.79 Å². The van der Waals surface area contributed by atoms with Crippen molar-refractivity contribution in [3.05, 3.63) is 23.3 Å². The molecule has 0 radical (unpaired) electrons. The molecule has 3 heteroatoms. The lowest BCUT2D eigenvalue weighted by Crippen LogP contribution is -2.12. The molecule has 0 unspecified atom stereocenters. The van der Waals surface area contributed by atoms with E-state index in [1.807, 2.05) is 26.0 Å². The lowest BCUT2D eigenvalue weighted by Gasteiger charge is -2.11. The molecule has 0 aliphatic heterocycles. The van der Waals surface area contributed by atoms with Gasteiger partial charge in [-0.3, -0.25) is 4.79 Å². The second kappa shape index (κ2) is 9.43. The van der Waals surface area contributed by atoms with E-state index in [2.05, 4.69) is 12.2 Å². The van der Waals surface area contributed by atoms with Crippen LogP contribution in [0.4, 0.5) is 11.4 Å². The van der Waals surface area contributed by atoms with Gasteiger partial charge in [-0.05, 0) is 37.5 Å². The molecule has 0 spiro atoms. The van der Waals surface area contributed by atoms with Gasteiger partial charge in [0, 0.05) is 17.8 Å². The molecule has 0 bridgehead atoms. The van der Waals surface area contributed by atoms with Crippen LogP contribution in [0.1, 0.15) is 69.4 Å². The average molecular weight is 290 g/mol. The number of nitrogen functional groups attached to an aromatic ring is 1. The van der Waals surface area contributed by atoms with E-state index in [-0.39, 0.29) is 5.91 Å². The summed E-state index contributed by atoms with van der Waals surface area (Å²) in [6.45, 7) is 6.20. The van der Waals surface area contributed by atoms with Crippen molar-refractivity contribution in [2.45, 2.75) is 72.1 Å². The van der Waals surface area contributed by atoms with E-state index in [0.29, 0.717) is 6.42 Å². The Morgan fingerprint density at radius 2 is 1.62 bits per heavy atom. The van der Waals surface area contributed by atoms with Gasteiger partial charge in [0.05, 0.1) is 0 Å². The average Bonchev–Trinajstić information content (AvgIpc) is 2.44. The molecule has 118 valence electrons. The Kier molecular flexibility index (Phi) is 7.88. The molecule has 0 atom stereocenters. The second-order valence-corrected chi connectivity index (χ2v) is 5.94. The number of unbranched alkanes of at least 4 members (excludes halogenated alkanes) is 6. The number of nitrogens with two attached hydrogens (primary N) is 1. The minimum atomic E-state index is 0.0925. The number of hydrogen-bond donors (Lipinski definition) is 2. The summed E-state index contributed by atoms with van der Waals surface area (Å²) >= 11 is 0. The topological polar surface area (TPSA) is 55.1 Å². The molecule has 21 heavy (non-hydrogen) atoms. The van der Waals surface area contributed by atoms with Crippen molar-refractivity contribution < 1.29 is 4.79 Å². The molecule has 1 rings (SSSR count). The van der Waals surface area contributed by atoms with Crippen LogP contribution in [0.25, 0.3) is 0 Å². The molecular formula is C18H30N2O. The summed E-state index contributed by atoms with van der Waals surface area (Å²) in [5, 5.41) is 2.97. The summed E-state index contributed by atoms with van der Waals surface area (Å²) < 4.78 is 0. The first-order chi connectivity index (χ1) is 10.0. The Morgan fingerprint density at radius 1 is 1.00 bits per heavy atom. The Morgan fingerprint density at radius 3 is 2.29 bits per heavy atom. The van der Waals surface area contributed by atoms with Crippen molar-refractivity contribution in [2.24, 2.45) is 0 Å². The van der Waals surface area contributed by atoms with Crippen molar-refractivity contribution in [1.29, 1.82) is 0 Å². The van der Waals surface area contributed by atoms with Crippen LogP contribution in [0.5, 0.6) is 0 Å². The largest absolute Gasteiger partial charge is 0.398 e. The summed E-state index contributed by atoms with van der Waals surface area (Å²) in [6.07, 6.45) is 9.18. The van der Waals surface area contributed by atoms with E-state index >= 15 is 0 Å². The second-order valence-electron chi connectivity index (χ2n) is 5.94. The lowest BCUT2D eigenvalue weighted by molar-refractivity contribution is -0.116. The van der Waals surface area contributed by atoms with E-state index in [0.717, 1.165) is 35.3 Å². The maximum absolute atomic E-state index is 11.9. The van der Waals surface area contributed by atoms with Gasteiger partial charge in [-0.15, -0.1) is 0 Å². The van der Waals surface area contributed by atoms with Crippen LogP contribution in [0.15, 0.2) is 12.1 Å². The van der Waals surface area contributed by atoms with E-state index in [1.54, 1.807) is 0 Å².